The standard InChI is InChI=1S/C49H54N2O8/c1-25(2)12-11-19-47(8)20-18-30-41(54)36-39-37-34(35-38(51-39)28-13-9-10-14-29(28)40(35)53)32-24-33-46(6,7)59-48(44(32)55,21-17-27(5)45(56)50-22-23-52)49(33,37)58-43(36)31(42(30)57-47)16-15-26(3)4/h9-10,12-15,17-18,20,32-35,52,54H,11,16,19,21-24H2,1-8H3,(H,50,56). The molecule has 10 rings (SSSR count). The average molecular weight is 799 g/mol. The maximum absolute atomic E-state index is 15.6. The lowest BCUT2D eigenvalue weighted by molar-refractivity contribution is -0.182. The Morgan fingerprint density at radius 1 is 0.983 bits per heavy atom. The lowest BCUT2D eigenvalue weighted by Crippen LogP contribution is -2.75. The molecule has 1 spiro atoms. The number of carbonyl (C=O) groups is 3. The number of aliphatic hydroxyl groups is 1. The summed E-state index contributed by atoms with van der Waals surface area (Å²) in [7, 11) is 0. The van der Waals surface area contributed by atoms with E-state index in [2.05, 4.69) is 38.2 Å². The number of nitrogens with zero attached hydrogens (tertiary/aromatic N) is 1. The summed E-state index contributed by atoms with van der Waals surface area (Å²) in [4.78, 5) is 48.8. The maximum Gasteiger partial charge on any atom is 0.246 e. The molecule has 59 heavy (non-hydrogen) atoms. The Hall–Kier alpha value is -5.06. The number of carbonyl (C=O) groups excluding carboxylic acids is 3. The quantitative estimate of drug-likeness (QED) is 0.163. The van der Waals surface area contributed by atoms with E-state index in [0.29, 0.717) is 64.4 Å². The van der Waals surface area contributed by atoms with Crippen LogP contribution in [0.2, 0.25) is 0 Å². The molecule has 3 saturated carbocycles. The molecular weight excluding hydrogens is 745 g/mol. The predicted molar refractivity (Wildman–Crippen MR) is 226 cm³/mol. The lowest BCUT2D eigenvalue weighted by atomic mass is 9.43. The fraction of sp³-hybridized carbons (Fsp3) is 0.469. The van der Waals surface area contributed by atoms with Crippen molar-refractivity contribution in [1.29, 1.82) is 0 Å². The van der Waals surface area contributed by atoms with Crippen LogP contribution < -0.4 is 14.8 Å². The SMILES string of the molecule is CC(C)=CCCC1(C)C=Cc2c(O)c3c(c(CC=C(C)C)c2O1)OC12C4=C3N=C3c5ccccc5C(=O)C3C4C3CC1C(C)(C)OC2(CC=C(C)C(=O)NCCO)C3=O. The molecule has 308 valence electrons. The number of aliphatic hydroxyl groups excluding tert-OH is 1. The highest BCUT2D eigenvalue weighted by molar-refractivity contribution is 6.31. The zero-order valence-electron chi connectivity index (χ0n) is 35.2. The third kappa shape index (κ3) is 5.44. The number of hydrogen-bond acceptors (Lipinski definition) is 9. The molecule has 4 heterocycles. The number of amides is 1. The Morgan fingerprint density at radius 2 is 1.71 bits per heavy atom. The third-order valence-corrected chi connectivity index (χ3v) is 14.0. The fourth-order valence-corrected chi connectivity index (χ4v) is 11.4. The number of allylic oxidation sites excluding steroid dienone is 4. The highest BCUT2D eigenvalue weighted by atomic mass is 16.6. The topological polar surface area (TPSA) is 144 Å². The Labute approximate surface area is 345 Å². The van der Waals surface area contributed by atoms with Gasteiger partial charge in [-0.15, -0.1) is 0 Å². The summed E-state index contributed by atoms with van der Waals surface area (Å²) in [6, 6.07) is 7.50. The zero-order valence-corrected chi connectivity index (χ0v) is 35.2. The molecule has 0 radical (unpaired) electrons. The molecule has 4 bridgehead atoms. The molecule has 0 aromatic heterocycles. The molecular formula is C49H54N2O8. The number of aliphatic imine (C=N–C) groups is 1. The summed E-state index contributed by atoms with van der Waals surface area (Å²) in [6.45, 7) is 15.8. The number of aromatic hydroxyl groups is 1. The number of ketones is 2. The maximum atomic E-state index is 15.6. The van der Waals surface area contributed by atoms with E-state index in [9.17, 15) is 19.8 Å². The number of Topliss-reactive ketones (excluding diaryl/α,β-unsaturated/α-hetero) is 2. The van der Waals surface area contributed by atoms with E-state index < -0.39 is 40.2 Å². The normalized spacial score (nSPS) is 30.9. The number of fused-ring (bicyclic) bond motifs is 6. The summed E-state index contributed by atoms with van der Waals surface area (Å²) in [5.41, 5.74) is 2.94. The Balaban J connectivity index is 1.34. The van der Waals surface area contributed by atoms with E-state index in [1.165, 1.54) is 5.57 Å². The minimum atomic E-state index is -1.60. The van der Waals surface area contributed by atoms with Crippen molar-refractivity contribution in [3.8, 4) is 17.2 Å². The van der Waals surface area contributed by atoms with E-state index in [1.54, 1.807) is 13.0 Å². The first-order chi connectivity index (χ1) is 28.0. The van der Waals surface area contributed by atoms with E-state index in [4.69, 9.17) is 19.2 Å². The van der Waals surface area contributed by atoms with Gasteiger partial charge in [0.2, 0.25) is 5.91 Å². The van der Waals surface area contributed by atoms with Gasteiger partial charge in [0, 0.05) is 58.6 Å². The van der Waals surface area contributed by atoms with Gasteiger partial charge in [-0.3, -0.25) is 19.4 Å². The van der Waals surface area contributed by atoms with Gasteiger partial charge in [-0.05, 0) is 93.2 Å². The van der Waals surface area contributed by atoms with E-state index in [0.717, 1.165) is 28.7 Å². The van der Waals surface area contributed by atoms with Crippen LogP contribution in [0, 0.1) is 23.7 Å². The van der Waals surface area contributed by atoms with Crippen molar-refractivity contribution in [3.05, 3.63) is 98.7 Å². The Bertz CT molecular complexity index is 2440. The number of phenolic OH excluding ortho intramolecular Hbond substituents is 1. The largest absolute Gasteiger partial charge is 0.506 e. The van der Waals surface area contributed by atoms with Crippen LogP contribution in [0.1, 0.15) is 114 Å². The van der Waals surface area contributed by atoms with E-state index >= 15 is 4.79 Å². The number of nitrogens with one attached hydrogen (secondary N) is 1. The number of benzene rings is 2. The molecule has 8 aliphatic rings. The molecule has 3 N–H and O–H groups in total. The van der Waals surface area contributed by atoms with Crippen molar-refractivity contribution in [3.63, 3.8) is 0 Å². The van der Waals surface area contributed by atoms with Gasteiger partial charge in [-0.25, -0.2) is 0 Å². The molecule has 4 aliphatic heterocycles. The molecule has 2 aromatic carbocycles. The van der Waals surface area contributed by atoms with Crippen molar-refractivity contribution in [2.75, 3.05) is 13.2 Å². The predicted octanol–water partition coefficient (Wildman–Crippen LogP) is 7.80. The van der Waals surface area contributed by atoms with Crippen molar-refractivity contribution in [2.45, 2.75) is 110 Å². The minimum Gasteiger partial charge on any atom is -0.506 e. The van der Waals surface area contributed by atoms with E-state index in [1.807, 2.05) is 64.1 Å². The molecule has 7 atom stereocenters. The van der Waals surface area contributed by atoms with Gasteiger partial charge in [0.05, 0.1) is 40.7 Å². The number of ether oxygens (including phenoxy) is 3. The first-order valence-electron chi connectivity index (χ1n) is 21.0. The Kier molecular flexibility index (Phi) is 9.00. The van der Waals surface area contributed by atoms with Crippen LogP contribution in [0.4, 0.5) is 0 Å². The van der Waals surface area contributed by atoms with Gasteiger partial charge >= 0.3 is 0 Å². The molecule has 1 amide bonds. The van der Waals surface area contributed by atoms with Crippen molar-refractivity contribution >= 4 is 35.0 Å². The van der Waals surface area contributed by atoms with Gasteiger partial charge < -0.3 is 29.7 Å². The first kappa shape index (κ1) is 39.4. The van der Waals surface area contributed by atoms with Crippen LogP contribution in [0.25, 0.3) is 11.8 Å². The number of hydrogen-bond donors (Lipinski definition) is 3. The second-order valence-corrected chi connectivity index (χ2v) is 18.7. The molecule has 4 aliphatic carbocycles. The highest BCUT2D eigenvalue weighted by Gasteiger charge is 2.84. The molecule has 10 heteroatoms. The van der Waals surface area contributed by atoms with Crippen molar-refractivity contribution in [1.82, 2.24) is 5.32 Å². The van der Waals surface area contributed by atoms with Crippen LogP contribution >= 0.6 is 0 Å². The van der Waals surface area contributed by atoms with Crippen LogP contribution in [-0.2, 0) is 20.7 Å². The molecule has 10 nitrogen and oxygen atoms in total. The van der Waals surface area contributed by atoms with Crippen LogP contribution in [-0.4, -0.2) is 69.0 Å². The smallest absolute Gasteiger partial charge is 0.246 e. The molecule has 7 unspecified atom stereocenters. The summed E-state index contributed by atoms with van der Waals surface area (Å²) < 4.78 is 21.9. The highest BCUT2D eigenvalue weighted by Crippen LogP contribution is 2.74. The van der Waals surface area contributed by atoms with Crippen molar-refractivity contribution in [2.24, 2.45) is 28.7 Å². The molecule has 1 saturated heterocycles. The van der Waals surface area contributed by atoms with Crippen LogP contribution in [0.15, 0.2) is 75.9 Å². The number of phenols is 1. The zero-order chi connectivity index (χ0) is 42.0. The summed E-state index contributed by atoms with van der Waals surface area (Å²) in [6.07, 6.45) is 12.4. The Morgan fingerprint density at radius 3 is 2.42 bits per heavy atom. The lowest BCUT2D eigenvalue weighted by Gasteiger charge is -2.62. The molecule has 2 aromatic rings. The van der Waals surface area contributed by atoms with Gasteiger partial charge in [0.25, 0.3) is 0 Å². The van der Waals surface area contributed by atoms with Gasteiger partial charge in [-0.1, -0.05) is 53.6 Å². The van der Waals surface area contributed by atoms with Crippen LogP contribution in [0.3, 0.4) is 0 Å². The van der Waals surface area contributed by atoms with Gasteiger partial charge in [0.15, 0.2) is 22.8 Å². The summed E-state index contributed by atoms with van der Waals surface area (Å²) in [5.74, 6) is -1.96. The fourth-order valence-electron chi connectivity index (χ4n) is 11.4. The van der Waals surface area contributed by atoms with Crippen LogP contribution in [0.5, 0.6) is 17.2 Å². The van der Waals surface area contributed by atoms with Gasteiger partial charge in [-0.2, -0.15) is 0 Å². The third-order valence-electron chi connectivity index (χ3n) is 14.0. The van der Waals surface area contributed by atoms with Crippen molar-refractivity contribution < 1.29 is 38.8 Å². The minimum absolute atomic E-state index is 0.0246. The second kappa shape index (κ2) is 13.5. The molecule has 4 fully saturated rings. The second-order valence-electron chi connectivity index (χ2n) is 18.7. The average Bonchev–Trinajstić information content (AvgIpc) is 3.55. The number of rotatable bonds is 10. The van der Waals surface area contributed by atoms with E-state index in [-0.39, 0.29) is 48.7 Å². The summed E-state index contributed by atoms with van der Waals surface area (Å²) >= 11 is 0. The van der Waals surface area contributed by atoms with Gasteiger partial charge in [0.1, 0.15) is 22.8 Å². The monoisotopic (exact) mass is 798 g/mol. The first-order valence-corrected chi connectivity index (χ1v) is 21.0. The summed E-state index contributed by atoms with van der Waals surface area (Å²) in [5, 5.41) is 24.8.